The van der Waals surface area contributed by atoms with Gasteiger partial charge >= 0.3 is 0 Å². The molecule has 1 unspecified atom stereocenters. The average molecular weight is 204 g/mol. The number of nitrogens with two attached hydrogens (primary N) is 1. The molecule has 4 heteroatoms. The molecule has 0 fully saturated rings. The van der Waals surface area contributed by atoms with Crippen LogP contribution in [-0.2, 0) is 0 Å². The Labute approximate surface area is 89.8 Å². The fourth-order valence-corrected chi connectivity index (χ4v) is 1.86. The monoisotopic (exact) mass is 204 g/mol. The summed E-state index contributed by atoms with van der Waals surface area (Å²) in [5, 5.41) is 0. The molecule has 0 aromatic carbocycles. The van der Waals surface area contributed by atoms with Crippen LogP contribution in [0.4, 0.5) is 5.82 Å². The van der Waals surface area contributed by atoms with Crippen molar-refractivity contribution >= 4 is 11.5 Å². The van der Waals surface area contributed by atoms with Crippen molar-refractivity contribution in [3.63, 3.8) is 0 Å². The third-order valence-corrected chi connectivity index (χ3v) is 2.99. The largest absolute Gasteiger partial charge is 0.325 e. The van der Waals surface area contributed by atoms with Gasteiger partial charge in [0.05, 0.1) is 0 Å². The van der Waals surface area contributed by atoms with Gasteiger partial charge in [0, 0.05) is 24.5 Å². The highest BCUT2D eigenvalue weighted by Gasteiger charge is 2.23. The number of aromatic nitrogens is 1. The molecule has 1 aliphatic rings. The minimum atomic E-state index is -0.313. The van der Waals surface area contributed by atoms with E-state index in [0.29, 0.717) is 0 Å². The first-order chi connectivity index (χ1) is 7.02. The van der Waals surface area contributed by atoms with Gasteiger partial charge in [-0.05, 0) is 31.9 Å². The normalized spacial score (nSPS) is 19.9. The zero-order valence-electron chi connectivity index (χ0n) is 9.57. The molecule has 2 rings (SSSR count). The van der Waals surface area contributed by atoms with Crippen LogP contribution in [0.15, 0.2) is 11.2 Å². The summed E-state index contributed by atoms with van der Waals surface area (Å²) in [6.07, 6.45) is 1.57. The summed E-state index contributed by atoms with van der Waals surface area (Å²) in [6.45, 7) is 6.14. The van der Waals surface area contributed by atoms with E-state index in [0.717, 1.165) is 17.1 Å². The van der Waals surface area contributed by atoms with Crippen molar-refractivity contribution in [3.8, 4) is 0 Å². The van der Waals surface area contributed by atoms with Crippen molar-refractivity contribution in [1.29, 1.82) is 0 Å². The van der Waals surface area contributed by atoms with Crippen LogP contribution in [0.1, 0.15) is 23.6 Å². The molecule has 1 aliphatic heterocycles. The molecule has 1 aromatic heterocycles. The third kappa shape index (κ3) is 1.41. The minimum absolute atomic E-state index is 0.313. The molecule has 1 aromatic rings. The molecule has 0 bridgehead atoms. The van der Waals surface area contributed by atoms with E-state index in [-0.39, 0.29) is 6.29 Å². The van der Waals surface area contributed by atoms with Crippen LogP contribution in [0.5, 0.6) is 0 Å². The summed E-state index contributed by atoms with van der Waals surface area (Å²) in [5.74, 6) is 0.929. The molecule has 1 atom stereocenters. The van der Waals surface area contributed by atoms with Crippen LogP contribution in [0, 0.1) is 13.8 Å². The molecule has 2 heterocycles. The Hall–Kier alpha value is -1.42. The van der Waals surface area contributed by atoms with E-state index in [9.17, 15) is 0 Å². The van der Waals surface area contributed by atoms with Gasteiger partial charge in [0.25, 0.3) is 0 Å². The van der Waals surface area contributed by atoms with Crippen LogP contribution in [0.3, 0.4) is 0 Å². The van der Waals surface area contributed by atoms with Crippen LogP contribution in [-0.4, -0.2) is 24.0 Å². The minimum Gasteiger partial charge on any atom is -0.325 e. The van der Waals surface area contributed by atoms with Gasteiger partial charge in [-0.2, -0.15) is 0 Å². The lowest BCUT2D eigenvalue weighted by Crippen LogP contribution is -2.42. The van der Waals surface area contributed by atoms with Gasteiger partial charge in [0.2, 0.25) is 0 Å². The van der Waals surface area contributed by atoms with E-state index in [1.54, 1.807) is 0 Å². The predicted octanol–water partition coefficient (Wildman–Crippen LogP) is 1.20. The molecule has 0 amide bonds. The van der Waals surface area contributed by atoms with Crippen LogP contribution in [0.25, 0.3) is 0 Å². The van der Waals surface area contributed by atoms with E-state index in [1.165, 1.54) is 11.1 Å². The van der Waals surface area contributed by atoms with Gasteiger partial charge in [-0.25, -0.2) is 9.98 Å². The van der Waals surface area contributed by atoms with E-state index >= 15 is 0 Å². The zero-order chi connectivity index (χ0) is 11.2. The molecule has 4 nitrogen and oxygen atoms in total. The molecule has 0 spiro atoms. The molecular weight excluding hydrogens is 188 g/mol. The fraction of sp³-hybridized carbons (Fsp3) is 0.455. The van der Waals surface area contributed by atoms with E-state index < -0.39 is 0 Å². The average Bonchev–Trinajstić information content (AvgIpc) is 2.18. The van der Waals surface area contributed by atoms with Gasteiger partial charge in [-0.15, -0.1) is 0 Å². The number of aliphatic imine (C=N–C) groups is 1. The summed E-state index contributed by atoms with van der Waals surface area (Å²) < 4.78 is 0. The van der Waals surface area contributed by atoms with Crippen molar-refractivity contribution in [2.75, 3.05) is 11.9 Å². The lowest BCUT2D eigenvalue weighted by Gasteiger charge is -2.30. The Bertz CT molecular complexity index is 436. The molecule has 80 valence electrons. The first kappa shape index (κ1) is 10.1. The van der Waals surface area contributed by atoms with Crippen molar-refractivity contribution < 1.29 is 0 Å². The summed E-state index contributed by atoms with van der Waals surface area (Å²) >= 11 is 0. The Balaban J connectivity index is 2.70. The first-order valence-electron chi connectivity index (χ1n) is 5.01. The van der Waals surface area contributed by atoms with Gasteiger partial charge < -0.3 is 4.90 Å². The fourth-order valence-electron chi connectivity index (χ4n) is 1.86. The number of hydrogen-bond donors (Lipinski definition) is 1. The number of fused-ring (bicyclic) bond motifs is 1. The quantitative estimate of drug-likeness (QED) is 0.691. The molecule has 0 saturated carbocycles. The highest BCUT2D eigenvalue weighted by Crippen LogP contribution is 2.27. The van der Waals surface area contributed by atoms with E-state index in [4.69, 9.17) is 5.73 Å². The lowest BCUT2D eigenvalue weighted by molar-refractivity contribution is 0.671. The number of rotatable bonds is 0. The number of anilines is 1. The second-order valence-corrected chi connectivity index (χ2v) is 4.00. The number of hydrogen-bond acceptors (Lipinski definition) is 4. The smallest absolute Gasteiger partial charge is 0.174 e. The summed E-state index contributed by atoms with van der Waals surface area (Å²) in [5.41, 5.74) is 10.4. The second kappa shape index (κ2) is 3.31. The summed E-state index contributed by atoms with van der Waals surface area (Å²) in [4.78, 5) is 10.7. The third-order valence-electron chi connectivity index (χ3n) is 2.99. The topological polar surface area (TPSA) is 54.5 Å². The molecule has 0 aliphatic carbocycles. The SMILES string of the molecule is CC1=NC(N)N(C)c2ncc(C)c(C)c21. The Morgan fingerprint density at radius 2 is 2.00 bits per heavy atom. The second-order valence-electron chi connectivity index (χ2n) is 4.00. The van der Waals surface area contributed by atoms with Gasteiger partial charge in [-0.1, -0.05) is 0 Å². The molecular formula is C11H16N4. The maximum atomic E-state index is 5.87. The lowest BCUT2D eigenvalue weighted by atomic mass is 10.0. The molecule has 2 N–H and O–H groups in total. The van der Waals surface area contributed by atoms with Crippen molar-refractivity contribution in [2.24, 2.45) is 10.7 Å². The van der Waals surface area contributed by atoms with Crippen LogP contribution >= 0.6 is 0 Å². The highest BCUT2D eigenvalue weighted by molar-refractivity contribution is 6.05. The van der Waals surface area contributed by atoms with Crippen molar-refractivity contribution in [3.05, 3.63) is 22.9 Å². The summed E-state index contributed by atoms with van der Waals surface area (Å²) in [6, 6.07) is 0. The van der Waals surface area contributed by atoms with Gasteiger partial charge in [-0.3, -0.25) is 5.73 Å². The van der Waals surface area contributed by atoms with Crippen LogP contribution in [0.2, 0.25) is 0 Å². The van der Waals surface area contributed by atoms with Gasteiger partial charge in [0.1, 0.15) is 5.82 Å². The Kier molecular flexibility index (Phi) is 2.23. The maximum absolute atomic E-state index is 5.87. The number of nitrogens with zero attached hydrogens (tertiary/aromatic N) is 3. The Morgan fingerprint density at radius 3 is 2.67 bits per heavy atom. The van der Waals surface area contributed by atoms with E-state index in [1.807, 2.05) is 25.1 Å². The number of pyridine rings is 1. The molecule has 0 radical (unpaired) electrons. The van der Waals surface area contributed by atoms with E-state index in [2.05, 4.69) is 23.8 Å². The van der Waals surface area contributed by atoms with Crippen LogP contribution < -0.4 is 10.6 Å². The standard InChI is InChI=1S/C11H16N4/c1-6-5-13-10-9(7(6)2)8(3)14-11(12)15(10)4/h5,11H,12H2,1-4H3. The zero-order valence-corrected chi connectivity index (χ0v) is 9.57. The van der Waals surface area contributed by atoms with Crippen molar-refractivity contribution in [1.82, 2.24) is 4.98 Å². The molecule has 15 heavy (non-hydrogen) atoms. The maximum Gasteiger partial charge on any atom is 0.174 e. The van der Waals surface area contributed by atoms with Crippen molar-refractivity contribution in [2.45, 2.75) is 27.1 Å². The highest BCUT2D eigenvalue weighted by atomic mass is 15.3. The molecule has 0 saturated heterocycles. The predicted molar refractivity (Wildman–Crippen MR) is 62.3 cm³/mol. The van der Waals surface area contributed by atoms with Gasteiger partial charge in [0.15, 0.2) is 6.29 Å². The summed E-state index contributed by atoms with van der Waals surface area (Å²) in [7, 11) is 1.92. The first-order valence-corrected chi connectivity index (χ1v) is 5.01. The number of aryl methyl sites for hydroxylation is 1. The Morgan fingerprint density at radius 1 is 1.33 bits per heavy atom.